The molecule has 0 unspecified atom stereocenters. The van der Waals surface area contributed by atoms with Crippen LogP contribution in [-0.4, -0.2) is 38.1 Å². The van der Waals surface area contributed by atoms with Crippen molar-refractivity contribution in [3.05, 3.63) is 0 Å². The molecule has 0 rings (SSSR count). The third-order valence-electron chi connectivity index (χ3n) is 3.67. The molecule has 0 aliphatic carbocycles. The van der Waals surface area contributed by atoms with Gasteiger partial charge in [0.2, 0.25) is 0 Å². The molecule has 21 heavy (non-hydrogen) atoms. The molecule has 0 aromatic rings. The normalized spacial score (nSPS) is 11.1. The third-order valence-corrected chi connectivity index (χ3v) is 3.67. The summed E-state index contributed by atoms with van der Waals surface area (Å²) in [6, 6.07) is 0. The van der Waals surface area contributed by atoms with E-state index >= 15 is 0 Å². The van der Waals surface area contributed by atoms with Crippen LogP contribution in [0.25, 0.3) is 0 Å². The van der Waals surface area contributed by atoms with E-state index in [-0.39, 0.29) is 6.61 Å². The summed E-state index contributed by atoms with van der Waals surface area (Å²) in [5.41, 5.74) is 0. The highest BCUT2D eigenvalue weighted by molar-refractivity contribution is 4.47. The Hall–Kier alpha value is -0.120. The van der Waals surface area contributed by atoms with Crippen LogP contribution < -0.4 is 0 Å². The summed E-state index contributed by atoms with van der Waals surface area (Å²) in [4.78, 5) is 0. The zero-order valence-corrected chi connectivity index (χ0v) is 14.3. The number of aliphatic hydroxyl groups is 1. The maximum Gasteiger partial charge on any atom is 0.0488 e. The molecule has 0 radical (unpaired) electrons. The molecule has 0 fully saturated rings. The van der Waals surface area contributed by atoms with Crippen LogP contribution in [0.1, 0.15) is 84.0 Å². The second-order valence-corrected chi connectivity index (χ2v) is 5.84. The zero-order chi connectivity index (χ0) is 15.4. The van der Waals surface area contributed by atoms with Gasteiger partial charge in [0.15, 0.2) is 0 Å². The molecule has 0 aliphatic heterocycles. The Labute approximate surface area is 132 Å². The number of aliphatic hydroxyl groups excluding tert-OH is 1. The van der Waals surface area contributed by atoms with Gasteiger partial charge in [-0.1, -0.05) is 64.7 Å². The molecule has 0 saturated heterocycles. The lowest BCUT2D eigenvalue weighted by molar-refractivity contribution is 0.0748. The number of rotatable bonds is 18. The molecule has 3 nitrogen and oxygen atoms in total. The van der Waals surface area contributed by atoms with Crippen molar-refractivity contribution in [2.24, 2.45) is 0 Å². The van der Waals surface area contributed by atoms with E-state index in [1.54, 1.807) is 0 Å². The van der Waals surface area contributed by atoms with Crippen molar-refractivity contribution in [1.82, 2.24) is 0 Å². The van der Waals surface area contributed by atoms with E-state index in [1.807, 2.05) is 0 Å². The average molecular weight is 302 g/mol. The maximum atomic E-state index is 8.59. The Balaban J connectivity index is 2.90. The standard InChI is InChI=1S/C18H38O3/c1-2-3-4-5-6-7-8-9-10-11-15-20-17-13-18-21-16-12-14-19/h19H,2-18H2,1H3. The van der Waals surface area contributed by atoms with Crippen molar-refractivity contribution in [3.8, 4) is 0 Å². The van der Waals surface area contributed by atoms with Gasteiger partial charge in [-0.25, -0.2) is 0 Å². The van der Waals surface area contributed by atoms with Crippen molar-refractivity contribution in [1.29, 1.82) is 0 Å². The van der Waals surface area contributed by atoms with Gasteiger partial charge in [0.25, 0.3) is 0 Å². The lowest BCUT2D eigenvalue weighted by Gasteiger charge is -2.05. The predicted molar refractivity (Wildman–Crippen MR) is 89.8 cm³/mol. The highest BCUT2D eigenvalue weighted by Crippen LogP contribution is 2.10. The lowest BCUT2D eigenvalue weighted by atomic mass is 10.1. The quantitative estimate of drug-likeness (QED) is 0.373. The molecule has 3 heteroatoms. The van der Waals surface area contributed by atoms with E-state index in [0.29, 0.717) is 6.61 Å². The van der Waals surface area contributed by atoms with Gasteiger partial charge in [-0.05, 0) is 19.3 Å². The first-order valence-electron chi connectivity index (χ1n) is 9.18. The van der Waals surface area contributed by atoms with E-state index in [2.05, 4.69) is 6.92 Å². The van der Waals surface area contributed by atoms with Crippen molar-refractivity contribution in [3.63, 3.8) is 0 Å². The topological polar surface area (TPSA) is 38.7 Å². The van der Waals surface area contributed by atoms with Gasteiger partial charge >= 0.3 is 0 Å². The SMILES string of the molecule is CCCCCCCCCCCCOCCCOCCCO. The fourth-order valence-corrected chi connectivity index (χ4v) is 2.33. The van der Waals surface area contributed by atoms with Crippen LogP contribution in [0, 0.1) is 0 Å². The van der Waals surface area contributed by atoms with Crippen LogP contribution in [0.5, 0.6) is 0 Å². The van der Waals surface area contributed by atoms with Crippen molar-refractivity contribution in [2.75, 3.05) is 33.0 Å². The number of hydrogen-bond donors (Lipinski definition) is 1. The van der Waals surface area contributed by atoms with Crippen molar-refractivity contribution >= 4 is 0 Å². The highest BCUT2D eigenvalue weighted by Gasteiger charge is 1.94. The van der Waals surface area contributed by atoms with Crippen LogP contribution >= 0.6 is 0 Å². The van der Waals surface area contributed by atoms with E-state index in [9.17, 15) is 0 Å². The van der Waals surface area contributed by atoms with Gasteiger partial charge in [0.1, 0.15) is 0 Å². The molecule has 0 spiro atoms. The molecule has 0 atom stereocenters. The highest BCUT2D eigenvalue weighted by atomic mass is 16.5. The van der Waals surface area contributed by atoms with Crippen molar-refractivity contribution in [2.45, 2.75) is 84.0 Å². The van der Waals surface area contributed by atoms with Crippen molar-refractivity contribution < 1.29 is 14.6 Å². The molecular weight excluding hydrogens is 264 g/mol. The second-order valence-electron chi connectivity index (χ2n) is 5.84. The van der Waals surface area contributed by atoms with Crippen LogP contribution in [0.3, 0.4) is 0 Å². The van der Waals surface area contributed by atoms with Crippen LogP contribution in [-0.2, 0) is 9.47 Å². The van der Waals surface area contributed by atoms with E-state index in [0.717, 1.165) is 32.7 Å². The first kappa shape index (κ1) is 20.9. The molecule has 0 aliphatic rings. The Kier molecular flexibility index (Phi) is 19.8. The third kappa shape index (κ3) is 19.9. The Bertz CT molecular complexity index is 156. The van der Waals surface area contributed by atoms with Gasteiger partial charge in [-0.2, -0.15) is 0 Å². The van der Waals surface area contributed by atoms with Crippen LogP contribution in [0.2, 0.25) is 0 Å². The summed E-state index contributed by atoms with van der Waals surface area (Å²) in [6.07, 6.45) is 15.4. The number of ether oxygens (including phenoxy) is 2. The van der Waals surface area contributed by atoms with Gasteiger partial charge in [0.05, 0.1) is 0 Å². The van der Waals surface area contributed by atoms with Gasteiger partial charge in [-0.3, -0.25) is 0 Å². The zero-order valence-electron chi connectivity index (χ0n) is 14.3. The minimum atomic E-state index is 0.218. The average Bonchev–Trinajstić information content (AvgIpc) is 2.50. The summed E-state index contributed by atoms with van der Waals surface area (Å²) in [5.74, 6) is 0. The van der Waals surface area contributed by atoms with E-state index in [1.165, 1.54) is 64.2 Å². The second kappa shape index (κ2) is 19.9. The molecule has 1 N–H and O–H groups in total. The Morgan fingerprint density at radius 2 is 0.952 bits per heavy atom. The summed E-state index contributed by atoms with van der Waals surface area (Å²) in [6.45, 7) is 5.60. The summed E-state index contributed by atoms with van der Waals surface area (Å²) in [5, 5.41) is 8.59. The number of hydrogen-bond acceptors (Lipinski definition) is 3. The van der Waals surface area contributed by atoms with Gasteiger partial charge in [-0.15, -0.1) is 0 Å². The summed E-state index contributed by atoms with van der Waals surface area (Å²) >= 11 is 0. The fourth-order valence-electron chi connectivity index (χ4n) is 2.33. The molecule has 0 amide bonds. The molecule has 0 aromatic carbocycles. The van der Waals surface area contributed by atoms with Gasteiger partial charge in [0, 0.05) is 33.0 Å². The lowest BCUT2D eigenvalue weighted by Crippen LogP contribution is -2.04. The smallest absolute Gasteiger partial charge is 0.0488 e. The number of unbranched alkanes of at least 4 members (excludes halogenated alkanes) is 9. The molecule has 0 aromatic heterocycles. The Morgan fingerprint density at radius 1 is 0.524 bits per heavy atom. The van der Waals surface area contributed by atoms with Crippen LogP contribution in [0.15, 0.2) is 0 Å². The minimum absolute atomic E-state index is 0.218. The Morgan fingerprint density at radius 3 is 1.48 bits per heavy atom. The largest absolute Gasteiger partial charge is 0.396 e. The minimum Gasteiger partial charge on any atom is -0.396 e. The van der Waals surface area contributed by atoms with Crippen LogP contribution in [0.4, 0.5) is 0 Å². The summed E-state index contributed by atoms with van der Waals surface area (Å²) < 4.78 is 10.9. The monoisotopic (exact) mass is 302 g/mol. The first-order chi connectivity index (χ1) is 10.4. The van der Waals surface area contributed by atoms with Gasteiger partial charge < -0.3 is 14.6 Å². The maximum absolute atomic E-state index is 8.59. The predicted octanol–water partition coefficient (Wildman–Crippen LogP) is 4.71. The van der Waals surface area contributed by atoms with E-state index in [4.69, 9.17) is 14.6 Å². The molecule has 0 heterocycles. The summed E-state index contributed by atoms with van der Waals surface area (Å²) in [7, 11) is 0. The van der Waals surface area contributed by atoms with E-state index < -0.39 is 0 Å². The molecule has 0 saturated carbocycles. The first-order valence-corrected chi connectivity index (χ1v) is 9.18. The molecular formula is C18H38O3. The fraction of sp³-hybridized carbons (Fsp3) is 1.00. The molecule has 128 valence electrons. The molecule has 0 bridgehead atoms.